The summed E-state index contributed by atoms with van der Waals surface area (Å²) < 4.78 is 4.96. The molecule has 0 fully saturated rings. The average Bonchev–Trinajstić information content (AvgIpc) is 2.33. The first-order valence-corrected chi connectivity index (χ1v) is 3.10. The van der Waals surface area contributed by atoms with E-state index in [0.717, 1.165) is 5.39 Å². The molecule has 0 spiro atoms. The molecule has 2 rings (SSSR count). The first-order chi connectivity index (χ1) is 4.86. The van der Waals surface area contributed by atoms with Crippen molar-refractivity contribution < 1.29 is 4.42 Å². The van der Waals surface area contributed by atoms with Gasteiger partial charge in [0.15, 0.2) is 0 Å². The van der Waals surface area contributed by atoms with Gasteiger partial charge in [-0.3, -0.25) is 0 Å². The van der Waals surface area contributed by atoms with Gasteiger partial charge < -0.3 is 4.42 Å². The van der Waals surface area contributed by atoms with Crippen LogP contribution in [-0.2, 0) is 0 Å². The smallest absolute Gasteiger partial charge is 0.230 e. The van der Waals surface area contributed by atoms with E-state index in [1.165, 1.54) is 0 Å². The third-order valence-electron chi connectivity index (χ3n) is 1.18. The zero-order chi connectivity index (χ0) is 6.97. The molecule has 0 bridgehead atoms. The highest BCUT2D eigenvalue weighted by atomic mass is 35.5. The molecule has 4 heteroatoms. The number of hydrogen-bond acceptors (Lipinski definition) is 3. The van der Waals surface area contributed by atoms with E-state index in [0.29, 0.717) is 5.71 Å². The Bertz CT molecular complexity index is 357. The molecule has 3 nitrogen and oxygen atoms in total. The van der Waals surface area contributed by atoms with Gasteiger partial charge in [-0.05, 0) is 17.7 Å². The van der Waals surface area contributed by atoms with Crippen LogP contribution in [0.1, 0.15) is 0 Å². The van der Waals surface area contributed by atoms with Crippen molar-refractivity contribution in [3.63, 3.8) is 0 Å². The van der Waals surface area contributed by atoms with Crippen molar-refractivity contribution in [2.24, 2.45) is 0 Å². The molecule has 2 heterocycles. The van der Waals surface area contributed by atoms with Crippen molar-refractivity contribution >= 4 is 22.7 Å². The van der Waals surface area contributed by atoms with Gasteiger partial charge >= 0.3 is 0 Å². The minimum atomic E-state index is 0.211. The predicted molar refractivity (Wildman–Crippen MR) is 36.8 cm³/mol. The van der Waals surface area contributed by atoms with Crippen LogP contribution >= 0.6 is 11.6 Å². The highest BCUT2D eigenvalue weighted by Crippen LogP contribution is 2.12. The number of fused-ring (bicyclic) bond motifs is 1. The van der Waals surface area contributed by atoms with Gasteiger partial charge in [0.2, 0.25) is 11.0 Å². The Morgan fingerprint density at radius 3 is 3.30 bits per heavy atom. The molecule has 0 N–H and O–H groups in total. The third kappa shape index (κ3) is 0.752. The number of rotatable bonds is 0. The quantitative estimate of drug-likeness (QED) is 0.544. The van der Waals surface area contributed by atoms with E-state index in [-0.39, 0.29) is 5.28 Å². The summed E-state index contributed by atoms with van der Waals surface area (Å²) in [6.07, 6.45) is 3.17. The van der Waals surface area contributed by atoms with Crippen LogP contribution in [0.5, 0.6) is 0 Å². The Kier molecular flexibility index (Phi) is 1.11. The van der Waals surface area contributed by atoms with Gasteiger partial charge in [-0.25, -0.2) is 4.98 Å². The molecular formula is C6H3ClN2O. The van der Waals surface area contributed by atoms with Crippen molar-refractivity contribution in [2.75, 3.05) is 0 Å². The second-order valence-corrected chi connectivity index (χ2v) is 2.16. The molecule has 0 aliphatic carbocycles. The van der Waals surface area contributed by atoms with Gasteiger partial charge in [-0.1, -0.05) is 0 Å². The molecule has 0 unspecified atom stereocenters. The monoisotopic (exact) mass is 154 g/mol. The lowest BCUT2D eigenvalue weighted by Gasteiger charge is -1.85. The van der Waals surface area contributed by atoms with Crippen LogP contribution < -0.4 is 0 Å². The predicted octanol–water partition coefficient (Wildman–Crippen LogP) is 1.88. The fourth-order valence-electron chi connectivity index (χ4n) is 0.736. The normalized spacial score (nSPS) is 10.5. The zero-order valence-electron chi connectivity index (χ0n) is 4.91. The Labute approximate surface area is 61.6 Å². The molecule has 0 aliphatic heterocycles. The van der Waals surface area contributed by atoms with Crippen molar-refractivity contribution in [3.05, 3.63) is 23.8 Å². The van der Waals surface area contributed by atoms with E-state index < -0.39 is 0 Å². The number of halogens is 1. The Morgan fingerprint density at radius 2 is 2.40 bits per heavy atom. The van der Waals surface area contributed by atoms with Crippen LogP contribution in [0.15, 0.2) is 22.9 Å². The van der Waals surface area contributed by atoms with Gasteiger partial charge in [-0.2, -0.15) is 4.98 Å². The van der Waals surface area contributed by atoms with Crippen LogP contribution in [0.4, 0.5) is 0 Å². The van der Waals surface area contributed by atoms with Gasteiger partial charge in [0.05, 0.1) is 11.6 Å². The molecule has 10 heavy (non-hydrogen) atoms. The van der Waals surface area contributed by atoms with Crippen LogP contribution in [0.25, 0.3) is 11.1 Å². The summed E-state index contributed by atoms with van der Waals surface area (Å²) >= 11 is 5.49. The first-order valence-electron chi connectivity index (χ1n) is 2.72. The van der Waals surface area contributed by atoms with Crippen molar-refractivity contribution in [3.8, 4) is 0 Å². The summed E-state index contributed by atoms with van der Waals surface area (Å²) in [7, 11) is 0. The molecular weight excluding hydrogens is 152 g/mol. The highest BCUT2D eigenvalue weighted by Gasteiger charge is 1.97. The van der Waals surface area contributed by atoms with Gasteiger partial charge in [0.25, 0.3) is 0 Å². The second kappa shape index (κ2) is 1.95. The van der Waals surface area contributed by atoms with Crippen molar-refractivity contribution in [1.82, 2.24) is 9.97 Å². The van der Waals surface area contributed by atoms with Crippen molar-refractivity contribution in [1.29, 1.82) is 0 Å². The van der Waals surface area contributed by atoms with Gasteiger partial charge in [0, 0.05) is 6.20 Å². The van der Waals surface area contributed by atoms with E-state index in [4.69, 9.17) is 16.0 Å². The fraction of sp³-hybridized carbons (Fsp3) is 0. The molecule has 0 aromatic carbocycles. The number of furan rings is 1. The van der Waals surface area contributed by atoms with E-state index >= 15 is 0 Å². The largest absolute Gasteiger partial charge is 0.446 e. The van der Waals surface area contributed by atoms with E-state index in [1.54, 1.807) is 18.5 Å². The van der Waals surface area contributed by atoms with E-state index in [9.17, 15) is 0 Å². The maximum atomic E-state index is 5.49. The van der Waals surface area contributed by atoms with E-state index in [1.807, 2.05) is 0 Å². The maximum Gasteiger partial charge on any atom is 0.230 e. The molecule has 0 saturated carbocycles. The lowest BCUT2D eigenvalue weighted by atomic mass is 10.4. The molecule has 0 aliphatic rings. The van der Waals surface area contributed by atoms with Crippen molar-refractivity contribution in [2.45, 2.75) is 0 Å². The molecule has 2 aromatic heterocycles. The minimum absolute atomic E-state index is 0.211. The summed E-state index contributed by atoms with van der Waals surface area (Å²) in [5.41, 5.74) is 0.528. The third-order valence-corrected chi connectivity index (χ3v) is 1.36. The Balaban J connectivity index is 2.86. The highest BCUT2D eigenvalue weighted by molar-refractivity contribution is 6.28. The zero-order valence-corrected chi connectivity index (χ0v) is 5.67. The summed E-state index contributed by atoms with van der Waals surface area (Å²) in [5.74, 6) is 0. The van der Waals surface area contributed by atoms with Gasteiger partial charge in [-0.15, -0.1) is 0 Å². The number of aromatic nitrogens is 2. The molecule has 50 valence electrons. The molecule has 0 amide bonds. The minimum Gasteiger partial charge on any atom is -0.446 e. The summed E-state index contributed by atoms with van der Waals surface area (Å²) in [4.78, 5) is 7.60. The topological polar surface area (TPSA) is 38.9 Å². The lowest BCUT2D eigenvalue weighted by Crippen LogP contribution is -1.78. The Morgan fingerprint density at radius 1 is 1.50 bits per heavy atom. The number of nitrogens with zero attached hydrogens (tertiary/aromatic N) is 2. The van der Waals surface area contributed by atoms with Crippen LogP contribution in [0, 0.1) is 0 Å². The lowest BCUT2D eigenvalue weighted by molar-refractivity contribution is 0.602. The second-order valence-electron chi connectivity index (χ2n) is 1.82. The summed E-state index contributed by atoms with van der Waals surface area (Å²) in [6, 6.07) is 1.78. The first kappa shape index (κ1) is 5.68. The fourth-order valence-corrected chi connectivity index (χ4v) is 0.861. The molecule has 0 radical (unpaired) electrons. The molecule has 2 aromatic rings. The molecule has 0 atom stereocenters. The standard InChI is InChI=1S/C6H3ClN2O/c7-6-8-3-4-1-2-10-5(4)9-6/h1-3H. The Hall–Kier alpha value is -1.09. The van der Waals surface area contributed by atoms with Crippen LogP contribution in [0.3, 0.4) is 0 Å². The van der Waals surface area contributed by atoms with Gasteiger partial charge in [0.1, 0.15) is 0 Å². The summed E-state index contributed by atoms with van der Waals surface area (Å²) in [6.45, 7) is 0. The van der Waals surface area contributed by atoms with Crippen LogP contribution in [0.2, 0.25) is 5.28 Å². The average molecular weight is 155 g/mol. The van der Waals surface area contributed by atoms with Crippen LogP contribution in [-0.4, -0.2) is 9.97 Å². The number of hydrogen-bond donors (Lipinski definition) is 0. The summed E-state index contributed by atoms with van der Waals surface area (Å²) in [5, 5.41) is 1.08. The maximum absolute atomic E-state index is 5.49. The van der Waals surface area contributed by atoms with E-state index in [2.05, 4.69) is 9.97 Å². The SMILES string of the molecule is Clc1ncc2ccoc2n1. The molecule has 0 saturated heterocycles.